The summed E-state index contributed by atoms with van der Waals surface area (Å²) in [6.45, 7) is 5.22. The lowest BCUT2D eigenvalue weighted by molar-refractivity contribution is 0.528. The van der Waals surface area contributed by atoms with Gasteiger partial charge in [0.15, 0.2) is 0 Å². The molecule has 0 bridgehead atoms. The van der Waals surface area contributed by atoms with E-state index in [1.165, 1.54) is 5.69 Å². The van der Waals surface area contributed by atoms with Gasteiger partial charge >= 0.3 is 0 Å². The number of halogens is 1. The van der Waals surface area contributed by atoms with Gasteiger partial charge in [-0.25, -0.2) is 4.68 Å². The van der Waals surface area contributed by atoms with Crippen molar-refractivity contribution in [3.8, 4) is 0 Å². The van der Waals surface area contributed by atoms with Crippen molar-refractivity contribution in [1.82, 2.24) is 15.0 Å². The van der Waals surface area contributed by atoms with Gasteiger partial charge < -0.3 is 0 Å². The number of nitrogens with zero attached hydrogens (tertiary/aromatic N) is 3. The molecule has 0 amide bonds. The van der Waals surface area contributed by atoms with E-state index in [0.717, 1.165) is 19.4 Å². The molecule has 0 radical (unpaired) electrons. The third-order valence-corrected chi connectivity index (χ3v) is 2.48. The second-order valence-electron chi connectivity index (χ2n) is 3.41. The van der Waals surface area contributed by atoms with Gasteiger partial charge in [0.25, 0.3) is 0 Å². The molecule has 1 rings (SSSR count). The van der Waals surface area contributed by atoms with Crippen molar-refractivity contribution in [1.29, 1.82) is 0 Å². The van der Waals surface area contributed by atoms with Gasteiger partial charge in [-0.15, -0.1) is 16.7 Å². The van der Waals surface area contributed by atoms with E-state index in [1.807, 2.05) is 10.9 Å². The highest BCUT2D eigenvalue weighted by Gasteiger charge is 2.07. The largest absolute Gasteiger partial charge is 0.249 e. The van der Waals surface area contributed by atoms with Gasteiger partial charge in [0.1, 0.15) is 0 Å². The summed E-state index contributed by atoms with van der Waals surface area (Å²) in [5, 5.41) is 7.91. The first-order valence-corrected chi connectivity index (χ1v) is 5.24. The minimum Gasteiger partial charge on any atom is -0.249 e. The van der Waals surface area contributed by atoms with Crippen molar-refractivity contribution in [3.63, 3.8) is 0 Å². The van der Waals surface area contributed by atoms with Crippen molar-refractivity contribution in [2.75, 3.05) is 5.88 Å². The standard InChI is InChI=1S/C9H16ClN3/c1-3-4-13-9(7-11-12-13)5-8(2)6-10/h7-8H,3-6H2,1-2H3. The van der Waals surface area contributed by atoms with E-state index in [-0.39, 0.29) is 0 Å². The van der Waals surface area contributed by atoms with Gasteiger partial charge in [0.05, 0.1) is 11.9 Å². The van der Waals surface area contributed by atoms with Crippen LogP contribution >= 0.6 is 11.6 Å². The fourth-order valence-electron chi connectivity index (χ4n) is 1.25. The third-order valence-electron chi connectivity index (χ3n) is 1.95. The normalized spacial score (nSPS) is 13.2. The third kappa shape index (κ3) is 2.99. The minimum absolute atomic E-state index is 0.496. The molecule has 0 spiro atoms. The van der Waals surface area contributed by atoms with Crippen molar-refractivity contribution in [2.45, 2.75) is 33.2 Å². The molecular weight excluding hydrogens is 186 g/mol. The fraction of sp³-hybridized carbons (Fsp3) is 0.778. The molecule has 0 N–H and O–H groups in total. The number of aromatic nitrogens is 3. The average molecular weight is 202 g/mol. The Morgan fingerprint density at radius 3 is 3.00 bits per heavy atom. The Hall–Kier alpha value is -0.570. The number of hydrogen-bond acceptors (Lipinski definition) is 2. The van der Waals surface area contributed by atoms with E-state index in [0.29, 0.717) is 11.8 Å². The first kappa shape index (κ1) is 10.5. The maximum absolute atomic E-state index is 5.75. The van der Waals surface area contributed by atoms with E-state index in [2.05, 4.69) is 24.2 Å². The van der Waals surface area contributed by atoms with Crippen LogP contribution in [0.3, 0.4) is 0 Å². The fourth-order valence-corrected chi connectivity index (χ4v) is 1.36. The number of aryl methyl sites for hydroxylation is 1. The predicted octanol–water partition coefficient (Wildman–Crippen LogP) is 2.11. The summed E-state index contributed by atoms with van der Waals surface area (Å²) < 4.78 is 1.96. The van der Waals surface area contributed by atoms with Crippen molar-refractivity contribution >= 4 is 11.6 Å². The van der Waals surface area contributed by atoms with Gasteiger partial charge in [0, 0.05) is 12.4 Å². The second-order valence-corrected chi connectivity index (χ2v) is 3.72. The molecule has 74 valence electrons. The van der Waals surface area contributed by atoms with Gasteiger partial charge in [0.2, 0.25) is 0 Å². The molecular formula is C9H16ClN3. The van der Waals surface area contributed by atoms with Crippen LogP contribution in [0.5, 0.6) is 0 Å². The maximum atomic E-state index is 5.75. The summed E-state index contributed by atoms with van der Waals surface area (Å²) >= 11 is 5.75. The zero-order valence-corrected chi connectivity index (χ0v) is 8.96. The summed E-state index contributed by atoms with van der Waals surface area (Å²) in [4.78, 5) is 0. The highest BCUT2D eigenvalue weighted by Crippen LogP contribution is 2.08. The predicted molar refractivity (Wildman–Crippen MR) is 53.9 cm³/mol. The Morgan fingerprint density at radius 1 is 1.62 bits per heavy atom. The van der Waals surface area contributed by atoms with Crippen LogP contribution in [0.4, 0.5) is 0 Å². The summed E-state index contributed by atoms with van der Waals surface area (Å²) in [6.07, 6.45) is 3.89. The molecule has 3 nitrogen and oxygen atoms in total. The van der Waals surface area contributed by atoms with E-state index < -0.39 is 0 Å². The lowest BCUT2D eigenvalue weighted by Crippen LogP contribution is -2.09. The molecule has 0 saturated carbocycles. The second kappa shape index (κ2) is 5.22. The van der Waals surface area contributed by atoms with E-state index in [1.54, 1.807) is 0 Å². The van der Waals surface area contributed by atoms with Crippen molar-refractivity contribution in [2.24, 2.45) is 5.92 Å². The van der Waals surface area contributed by atoms with E-state index in [4.69, 9.17) is 11.6 Å². The van der Waals surface area contributed by atoms with Crippen LogP contribution in [0.25, 0.3) is 0 Å². The smallest absolute Gasteiger partial charge is 0.0725 e. The molecule has 1 unspecified atom stereocenters. The first-order chi connectivity index (χ1) is 6.27. The monoisotopic (exact) mass is 201 g/mol. The molecule has 1 atom stereocenters. The topological polar surface area (TPSA) is 30.7 Å². The van der Waals surface area contributed by atoms with Crippen LogP contribution in [-0.2, 0) is 13.0 Å². The molecule has 13 heavy (non-hydrogen) atoms. The highest BCUT2D eigenvalue weighted by atomic mass is 35.5. The van der Waals surface area contributed by atoms with E-state index in [9.17, 15) is 0 Å². The zero-order chi connectivity index (χ0) is 9.68. The van der Waals surface area contributed by atoms with Crippen LogP contribution in [-0.4, -0.2) is 20.9 Å². The summed E-state index contributed by atoms with van der Waals surface area (Å²) in [5.41, 5.74) is 1.19. The van der Waals surface area contributed by atoms with Crippen LogP contribution in [0.15, 0.2) is 6.20 Å². The highest BCUT2D eigenvalue weighted by molar-refractivity contribution is 6.18. The lowest BCUT2D eigenvalue weighted by atomic mass is 10.1. The van der Waals surface area contributed by atoms with Crippen molar-refractivity contribution < 1.29 is 0 Å². The average Bonchev–Trinajstić information content (AvgIpc) is 2.54. The summed E-state index contributed by atoms with van der Waals surface area (Å²) in [6, 6.07) is 0. The number of alkyl halides is 1. The Labute approximate surface area is 84.1 Å². The van der Waals surface area contributed by atoms with Gasteiger partial charge in [-0.3, -0.25) is 0 Å². The Bertz CT molecular complexity index is 247. The van der Waals surface area contributed by atoms with E-state index >= 15 is 0 Å². The quantitative estimate of drug-likeness (QED) is 0.684. The zero-order valence-electron chi connectivity index (χ0n) is 8.20. The summed E-state index contributed by atoms with van der Waals surface area (Å²) in [5.74, 6) is 1.19. The Morgan fingerprint density at radius 2 is 2.38 bits per heavy atom. The number of hydrogen-bond donors (Lipinski definition) is 0. The molecule has 0 aromatic carbocycles. The van der Waals surface area contributed by atoms with Crippen LogP contribution in [0.2, 0.25) is 0 Å². The van der Waals surface area contributed by atoms with Crippen LogP contribution in [0.1, 0.15) is 26.0 Å². The lowest BCUT2D eigenvalue weighted by Gasteiger charge is -2.08. The molecule has 0 fully saturated rings. The van der Waals surface area contributed by atoms with Crippen LogP contribution in [0, 0.1) is 5.92 Å². The molecule has 4 heteroatoms. The molecule has 1 heterocycles. The Kier molecular flexibility index (Phi) is 4.22. The summed E-state index contributed by atoms with van der Waals surface area (Å²) in [7, 11) is 0. The minimum atomic E-state index is 0.496. The number of rotatable bonds is 5. The first-order valence-electron chi connectivity index (χ1n) is 4.71. The van der Waals surface area contributed by atoms with Crippen molar-refractivity contribution in [3.05, 3.63) is 11.9 Å². The molecule has 0 aliphatic rings. The Balaban J connectivity index is 2.59. The van der Waals surface area contributed by atoms with Gasteiger partial charge in [-0.05, 0) is 18.8 Å². The van der Waals surface area contributed by atoms with Crippen LogP contribution < -0.4 is 0 Å². The molecule has 0 aliphatic carbocycles. The molecule has 0 saturated heterocycles. The molecule has 0 aliphatic heterocycles. The maximum Gasteiger partial charge on any atom is 0.0725 e. The molecule has 1 aromatic heterocycles. The van der Waals surface area contributed by atoms with Gasteiger partial charge in [-0.2, -0.15) is 0 Å². The van der Waals surface area contributed by atoms with Gasteiger partial charge in [-0.1, -0.05) is 19.1 Å². The SMILES string of the molecule is CCCn1nncc1CC(C)CCl. The molecule has 1 aromatic rings.